The molecule has 21 heavy (non-hydrogen) atoms. The van der Waals surface area contributed by atoms with Crippen LogP contribution in [-0.2, 0) is 0 Å². The molecular weight excluding hydrogens is 258 g/mol. The molecule has 0 spiro atoms. The Labute approximate surface area is 132 Å². The normalized spacial score (nSPS) is 24.0. The van der Waals surface area contributed by atoms with Crippen LogP contribution in [-0.4, -0.2) is 61.2 Å². The Kier molecular flexibility index (Phi) is 7.48. The van der Waals surface area contributed by atoms with E-state index < -0.39 is 0 Å². The van der Waals surface area contributed by atoms with Crippen LogP contribution < -0.4 is 5.32 Å². The average Bonchev–Trinajstić information content (AvgIpc) is 3.01. The second-order valence-electron chi connectivity index (χ2n) is 7.60. The van der Waals surface area contributed by atoms with Crippen molar-refractivity contribution in [3.63, 3.8) is 0 Å². The maximum atomic E-state index is 3.56. The quantitative estimate of drug-likeness (QED) is 0.695. The lowest BCUT2D eigenvalue weighted by Crippen LogP contribution is -2.52. The molecule has 1 saturated carbocycles. The molecule has 0 radical (unpaired) electrons. The molecule has 0 bridgehead atoms. The van der Waals surface area contributed by atoms with Gasteiger partial charge < -0.3 is 5.32 Å². The van der Waals surface area contributed by atoms with Crippen LogP contribution in [0.15, 0.2) is 0 Å². The van der Waals surface area contributed by atoms with Gasteiger partial charge in [0, 0.05) is 38.3 Å². The van der Waals surface area contributed by atoms with E-state index in [9.17, 15) is 0 Å². The van der Waals surface area contributed by atoms with E-state index in [-0.39, 0.29) is 0 Å². The maximum Gasteiger partial charge on any atom is 0.0113 e. The predicted octanol–water partition coefficient (Wildman–Crippen LogP) is 2.96. The van der Waals surface area contributed by atoms with Gasteiger partial charge in [-0.05, 0) is 51.6 Å². The van der Waals surface area contributed by atoms with Crippen LogP contribution in [0, 0.1) is 5.92 Å². The zero-order chi connectivity index (χ0) is 15.1. The smallest absolute Gasteiger partial charge is 0.0113 e. The molecule has 0 aromatic heterocycles. The summed E-state index contributed by atoms with van der Waals surface area (Å²) in [5.74, 6) is 0.770. The van der Waals surface area contributed by atoms with E-state index in [2.05, 4.69) is 35.9 Å². The Balaban J connectivity index is 1.56. The van der Waals surface area contributed by atoms with E-state index in [1.165, 1.54) is 71.2 Å². The molecule has 0 aromatic carbocycles. The topological polar surface area (TPSA) is 18.5 Å². The van der Waals surface area contributed by atoms with Gasteiger partial charge in [0.05, 0.1) is 0 Å². The molecule has 1 N–H and O–H groups in total. The van der Waals surface area contributed by atoms with E-state index in [4.69, 9.17) is 0 Å². The summed E-state index contributed by atoms with van der Waals surface area (Å²) in [7, 11) is 0. The third-order valence-corrected chi connectivity index (χ3v) is 5.34. The fraction of sp³-hybridized carbons (Fsp3) is 1.00. The molecule has 1 aliphatic heterocycles. The van der Waals surface area contributed by atoms with E-state index in [1.807, 2.05) is 0 Å². The SMILES string of the molecule is CC(C)CNCCCC(C)N1CCN(C2CCCC2)CC1. The Morgan fingerprint density at radius 3 is 2.29 bits per heavy atom. The van der Waals surface area contributed by atoms with Gasteiger partial charge in [0.2, 0.25) is 0 Å². The van der Waals surface area contributed by atoms with Gasteiger partial charge in [0.25, 0.3) is 0 Å². The first-order valence-corrected chi connectivity index (χ1v) is 9.35. The average molecular weight is 296 g/mol. The monoisotopic (exact) mass is 295 g/mol. The van der Waals surface area contributed by atoms with Crippen molar-refractivity contribution in [2.45, 2.75) is 71.4 Å². The van der Waals surface area contributed by atoms with E-state index in [1.54, 1.807) is 0 Å². The van der Waals surface area contributed by atoms with Crippen LogP contribution in [0.4, 0.5) is 0 Å². The van der Waals surface area contributed by atoms with Crippen LogP contribution in [0.2, 0.25) is 0 Å². The van der Waals surface area contributed by atoms with Crippen LogP contribution in [0.1, 0.15) is 59.3 Å². The molecule has 1 atom stereocenters. The molecule has 1 saturated heterocycles. The molecule has 2 rings (SSSR count). The summed E-state index contributed by atoms with van der Waals surface area (Å²) in [6.45, 7) is 14.5. The van der Waals surface area contributed by atoms with Crippen molar-refractivity contribution in [3.05, 3.63) is 0 Å². The number of hydrogen-bond donors (Lipinski definition) is 1. The van der Waals surface area contributed by atoms with Crippen LogP contribution >= 0.6 is 0 Å². The first kappa shape index (κ1) is 17.2. The van der Waals surface area contributed by atoms with Crippen LogP contribution in [0.25, 0.3) is 0 Å². The van der Waals surface area contributed by atoms with E-state index in [0.717, 1.165) is 24.5 Å². The Hall–Kier alpha value is -0.120. The van der Waals surface area contributed by atoms with Gasteiger partial charge in [-0.1, -0.05) is 26.7 Å². The van der Waals surface area contributed by atoms with Crippen LogP contribution in [0.5, 0.6) is 0 Å². The molecule has 1 heterocycles. The molecule has 0 amide bonds. The fourth-order valence-electron chi connectivity index (χ4n) is 3.91. The minimum atomic E-state index is 0.761. The minimum Gasteiger partial charge on any atom is -0.316 e. The fourth-order valence-corrected chi connectivity index (χ4v) is 3.91. The highest BCUT2D eigenvalue weighted by Crippen LogP contribution is 2.24. The third-order valence-electron chi connectivity index (χ3n) is 5.34. The molecule has 1 unspecified atom stereocenters. The molecule has 124 valence electrons. The van der Waals surface area contributed by atoms with Crippen LogP contribution in [0.3, 0.4) is 0 Å². The van der Waals surface area contributed by atoms with Crippen molar-refractivity contribution < 1.29 is 0 Å². The molecule has 2 aliphatic rings. The number of rotatable bonds is 8. The largest absolute Gasteiger partial charge is 0.316 e. The lowest BCUT2D eigenvalue weighted by atomic mass is 10.1. The van der Waals surface area contributed by atoms with E-state index in [0.29, 0.717) is 0 Å². The van der Waals surface area contributed by atoms with Gasteiger partial charge in [-0.2, -0.15) is 0 Å². The van der Waals surface area contributed by atoms with Crippen molar-refractivity contribution in [1.29, 1.82) is 0 Å². The highest BCUT2D eigenvalue weighted by Gasteiger charge is 2.27. The number of nitrogens with zero attached hydrogens (tertiary/aromatic N) is 2. The summed E-state index contributed by atoms with van der Waals surface area (Å²) in [4.78, 5) is 5.48. The highest BCUT2D eigenvalue weighted by atomic mass is 15.3. The first-order valence-electron chi connectivity index (χ1n) is 9.35. The van der Waals surface area contributed by atoms with Gasteiger partial charge >= 0.3 is 0 Å². The summed E-state index contributed by atoms with van der Waals surface area (Å²) in [6, 6.07) is 1.68. The molecule has 2 fully saturated rings. The Bertz CT molecular complexity index is 266. The van der Waals surface area contributed by atoms with Gasteiger partial charge in [-0.25, -0.2) is 0 Å². The highest BCUT2D eigenvalue weighted by molar-refractivity contribution is 4.83. The maximum absolute atomic E-state index is 3.56. The first-order chi connectivity index (χ1) is 10.2. The summed E-state index contributed by atoms with van der Waals surface area (Å²) in [5, 5.41) is 3.56. The summed E-state index contributed by atoms with van der Waals surface area (Å²) >= 11 is 0. The third kappa shape index (κ3) is 5.88. The van der Waals surface area contributed by atoms with Gasteiger partial charge in [-0.3, -0.25) is 9.80 Å². The van der Waals surface area contributed by atoms with Gasteiger partial charge in [0.1, 0.15) is 0 Å². The Morgan fingerprint density at radius 1 is 1.00 bits per heavy atom. The number of hydrogen-bond acceptors (Lipinski definition) is 3. The molecular formula is C18H37N3. The number of piperazine rings is 1. The standard InChI is InChI=1S/C18H37N3/c1-16(2)15-19-10-6-7-17(3)20-11-13-21(14-12-20)18-8-4-5-9-18/h16-19H,4-15H2,1-3H3. The van der Waals surface area contributed by atoms with Gasteiger partial charge in [0.15, 0.2) is 0 Å². The van der Waals surface area contributed by atoms with Gasteiger partial charge in [-0.15, -0.1) is 0 Å². The van der Waals surface area contributed by atoms with Crippen molar-refractivity contribution in [1.82, 2.24) is 15.1 Å². The van der Waals surface area contributed by atoms with Crippen molar-refractivity contribution in [2.24, 2.45) is 5.92 Å². The predicted molar refractivity (Wildman–Crippen MR) is 91.8 cm³/mol. The molecule has 3 heteroatoms. The van der Waals surface area contributed by atoms with Crippen molar-refractivity contribution in [3.8, 4) is 0 Å². The summed E-state index contributed by atoms with van der Waals surface area (Å²) in [6.07, 6.45) is 8.49. The summed E-state index contributed by atoms with van der Waals surface area (Å²) < 4.78 is 0. The Morgan fingerprint density at radius 2 is 1.67 bits per heavy atom. The second kappa shape index (κ2) is 9.12. The molecule has 3 nitrogen and oxygen atoms in total. The number of nitrogens with one attached hydrogen (secondary N) is 1. The lowest BCUT2D eigenvalue weighted by Gasteiger charge is -2.40. The molecule has 0 aromatic rings. The van der Waals surface area contributed by atoms with Crippen molar-refractivity contribution in [2.75, 3.05) is 39.3 Å². The lowest BCUT2D eigenvalue weighted by molar-refractivity contribution is 0.0721. The minimum absolute atomic E-state index is 0.761. The molecule has 1 aliphatic carbocycles. The van der Waals surface area contributed by atoms with Crippen molar-refractivity contribution >= 4 is 0 Å². The second-order valence-corrected chi connectivity index (χ2v) is 7.60. The zero-order valence-electron chi connectivity index (χ0n) is 14.6. The summed E-state index contributed by atoms with van der Waals surface area (Å²) in [5.41, 5.74) is 0. The van der Waals surface area contributed by atoms with E-state index >= 15 is 0 Å². The zero-order valence-corrected chi connectivity index (χ0v) is 14.6.